The van der Waals surface area contributed by atoms with Crippen molar-refractivity contribution in [3.05, 3.63) is 264 Å². The Morgan fingerprint density at radius 3 is 1.37 bits per heavy atom. The smallest absolute Gasteiger partial charge is 0.197 e. The SMILES string of the molecule is Cn1c(-c2nc3ccccc3[n-]2)nc2ccccc21.Fc1c(F)c(F)c2[n-]c(-c3ccccn3)nc2c1F.O=c1cc[n-]c(-c2ccccn2)c1.[Pt].[Pt].[Pt].[Pt].[Pt].[Pt].c1ccc2[n-]c(-c3cscn3)nc2c1.c1ccc2[n-]c(-c3ncncn3)nc2c1.c1cnc(-c2nc3ccccc3[n-]2)nc1. The summed E-state index contributed by atoms with van der Waals surface area (Å²) in [6.07, 6.45) is 10.8. The fraction of sp³-hybridized carbons (Fsp3) is 0.0147. The van der Waals surface area contributed by atoms with Crippen LogP contribution in [0.25, 0.3) is 136 Å². The van der Waals surface area contributed by atoms with Gasteiger partial charge in [-0.3, -0.25) is 14.8 Å². The second-order valence-corrected chi connectivity index (χ2v) is 20.6. The number of imidazole rings is 6. The number of halogens is 4. The van der Waals surface area contributed by atoms with Crippen molar-refractivity contribution in [2.45, 2.75) is 0 Å². The molecule has 524 valence electrons. The molecule has 0 spiro atoms. The number of hydrogen-bond acceptors (Lipinski definition) is 16. The normalized spacial score (nSPS) is 10.2. The van der Waals surface area contributed by atoms with Gasteiger partial charge < -0.3 is 59.4 Å². The van der Waals surface area contributed by atoms with E-state index >= 15 is 0 Å². The van der Waals surface area contributed by atoms with E-state index in [0.29, 0.717) is 40.6 Å². The van der Waals surface area contributed by atoms with Gasteiger partial charge in [0.2, 0.25) is 0 Å². The molecule has 33 heteroatoms. The zero-order valence-electron chi connectivity index (χ0n) is 51.1. The molecule has 0 amide bonds. The molecule has 0 saturated carbocycles. The van der Waals surface area contributed by atoms with Gasteiger partial charge >= 0.3 is 0 Å². The second kappa shape index (κ2) is 37.6. The van der Waals surface area contributed by atoms with Crippen LogP contribution in [0.1, 0.15) is 0 Å². The van der Waals surface area contributed by atoms with Crippen LogP contribution in [0, 0.1) is 23.3 Å². The van der Waals surface area contributed by atoms with Crippen molar-refractivity contribution < 1.29 is 144 Å². The molecule has 0 bridgehead atoms. The van der Waals surface area contributed by atoms with Crippen molar-refractivity contribution in [2.24, 2.45) is 7.05 Å². The maximum Gasteiger partial charge on any atom is 0.197 e. The first-order chi connectivity index (χ1) is 46.6. The third kappa shape index (κ3) is 18.9. The summed E-state index contributed by atoms with van der Waals surface area (Å²) in [4.78, 5) is 94.3. The summed E-state index contributed by atoms with van der Waals surface area (Å²) >= 11 is 1.55. The molecule has 6 aromatic carbocycles. The zero-order chi connectivity index (χ0) is 65.0. The second-order valence-electron chi connectivity index (χ2n) is 19.8. The molecule has 0 N–H and O–H groups in total. The van der Waals surface area contributed by atoms with E-state index in [1.807, 2.05) is 150 Å². The van der Waals surface area contributed by atoms with Crippen LogP contribution in [0.2, 0.25) is 0 Å². The maximum atomic E-state index is 13.5. The van der Waals surface area contributed by atoms with Gasteiger partial charge in [-0.05, 0) is 128 Å². The molecule has 12 aromatic heterocycles. The summed E-state index contributed by atoms with van der Waals surface area (Å²) in [7, 11) is 1.99. The Balaban J connectivity index is 0.000000169. The first kappa shape index (κ1) is 79.3. The fourth-order valence-electron chi connectivity index (χ4n) is 9.20. The van der Waals surface area contributed by atoms with Crippen LogP contribution in [0.3, 0.4) is 0 Å². The third-order valence-corrected chi connectivity index (χ3v) is 14.2. The monoisotopic (exact) mass is 2450 g/mol. The molecule has 12 heterocycles. The van der Waals surface area contributed by atoms with Crippen LogP contribution in [-0.4, -0.2) is 74.3 Å². The zero-order valence-corrected chi connectivity index (χ0v) is 65.5. The van der Waals surface area contributed by atoms with E-state index in [0.717, 1.165) is 72.4 Å². The Morgan fingerprint density at radius 1 is 0.396 bits per heavy atom. The van der Waals surface area contributed by atoms with Gasteiger partial charge in [0, 0.05) is 180 Å². The molecule has 18 aromatic rings. The van der Waals surface area contributed by atoms with Crippen LogP contribution < -0.4 is 35.3 Å². The summed E-state index contributed by atoms with van der Waals surface area (Å²) in [5, 5.41) is 1.95. The van der Waals surface area contributed by atoms with Gasteiger partial charge in [0.25, 0.3) is 0 Å². The number of pyridine rings is 3. The Kier molecular flexibility index (Phi) is 29.5. The number of hydrogen-bond donors (Lipinski definition) is 0. The molecule has 0 unspecified atom stereocenters. The first-order valence-electron chi connectivity index (χ1n) is 28.5. The van der Waals surface area contributed by atoms with Gasteiger partial charge in [-0.2, -0.15) is 6.20 Å². The van der Waals surface area contributed by atoms with Crippen LogP contribution in [0.15, 0.2) is 235 Å². The molecule has 18 rings (SSSR count). The molecule has 0 atom stereocenters. The number of benzene rings is 6. The molecular weight excluding hydrogens is 2410 g/mol. The van der Waals surface area contributed by atoms with Gasteiger partial charge in [-0.1, -0.05) is 121 Å². The number of aromatic nitrogens is 21. The van der Waals surface area contributed by atoms with E-state index in [1.165, 1.54) is 43.2 Å². The average Bonchev–Trinajstić information content (AvgIpc) is 1.66. The van der Waals surface area contributed by atoms with Crippen LogP contribution in [-0.2, 0) is 133 Å². The summed E-state index contributed by atoms with van der Waals surface area (Å²) in [6, 6.07) is 54.1. The van der Waals surface area contributed by atoms with Gasteiger partial charge in [-0.15, -0.1) is 17.0 Å². The minimum atomic E-state index is -1.91. The number of para-hydroxylation sites is 10. The maximum absolute atomic E-state index is 13.5. The number of rotatable bonds is 6. The van der Waals surface area contributed by atoms with Gasteiger partial charge in [-0.25, -0.2) is 52.4 Å². The topological polar surface area (TPSA) is 287 Å². The van der Waals surface area contributed by atoms with Crippen LogP contribution in [0.5, 0.6) is 0 Å². The molecular formula is C68H41F4N21OPt6S-6. The Hall–Kier alpha value is -9.04. The number of aryl methyl sites for hydroxylation is 1. The Morgan fingerprint density at radius 2 is 0.851 bits per heavy atom. The molecule has 101 heavy (non-hydrogen) atoms. The number of thiazole rings is 1. The number of fused-ring (bicyclic) bond motifs is 6. The molecule has 0 radical (unpaired) electrons. The minimum Gasteiger partial charge on any atom is -0.662 e. The van der Waals surface area contributed by atoms with E-state index in [4.69, 9.17) is 0 Å². The van der Waals surface area contributed by atoms with E-state index in [1.54, 1.807) is 53.6 Å². The number of nitrogens with zero attached hydrogens (tertiary/aromatic N) is 21. The largest absolute Gasteiger partial charge is 0.662 e. The first-order valence-corrected chi connectivity index (χ1v) is 29.4. The van der Waals surface area contributed by atoms with E-state index in [-0.39, 0.29) is 143 Å². The van der Waals surface area contributed by atoms with E-state index in [9.17, 15) is 22.4 Å². The third-order valence-electron chi connectivity index (χ3n) is 13.7. The van der Waals surface area contributed by atoms with Crippen molar-refractivity contribution in [3.63, 3.8) is 0 Å². The van der Waals surface area contributed by atoms with Crippen molar-refractivity contribution >= 4 is 77.5 Å². The van der Waals surface area contributed by atoms with Crippen molar-refractivity contribution in [3.8, 4) is 69.4 Å². The molecule has 0 fully saturated rings. The van der Waals surface area contributed by atoms with Crippen LogP contribution >= 0.6 is 11.3 Å². The standard InChI is InChI=1S/C15H11N4.C12H4F4N3.C11H7N4.C10H6N5.C10H6N3S.C10H8N2O.6Pt/c1-19-13-9-5-4-8-12(13)18-15(19)14-16-10-6-2-3-7-11(10)17-14;13-6-7(14)9(16)11-10(8(6)15)18-12(19-11)5-3-1-2-4-17-5;1-2-5-9-8(4-1)14-11(15-9)10-12-6-3-7-13-10;1-2-4-8-7(3-1)14-10(15-8)9-12-5-11-6-13-9;1-2-4-8-7(3-1)12-10(13-8)9-5-14-6-11-9;13-8-4-6-12-10(7-8)9-3-1-2-5-11-9;;;;;;/h2-9H,1H3;1-4H;1-7H;1-6H;1-6H;1-7H,(H,12,13);;;;;;/q5*-1;;;;;;;/p-1. The van der Waals surface area contributed by atoms with Crippen molar-refractivity contribution in [1.29, 1.82) is 0 Å². The Bertz CT molecular complexity index is 5370. The predicted molar refractivity (Wildman–Crippen MR) is 348 cm³/mol. The van der Waals surface area contributed by atoms with Crippen molar-refractivity contribution in [1.82, 2.24) is 104 Å². The summed E-state index contributed by atoms with van der Waals surface area (Å²) in [6.45, 7) is 0. The van der Waals surface area contributed by atoms with Gasteiger partial charge in [0.1, 0.15) is 18.5 Å². The Labute approximate surface area is 659 Å². The quantitative estimate of drug-likeness (QED) is 0.0849. The molecule has 0 aliphatic carbocycles. The fourth-order valence-corrected chi connectivity index (χ4v) is 9.73. The van der Waals surface area contributed by atoms with Gasteiger partial charge in [0.05, 0.1) is 27.9 Å². The average molecular weight is 2450 g/mol. The summed E-state index contributed by atoms with van der Waals surface area (Å²) in [5.74, 6) is -2.66. The predicted octanol–water partition coefficient (Wildman–Crippen LogP) is 11.6. The molecule has 0 saturated heterocycles. The van der Waals surface area contributed by atoms with Crippen LogP contribution in [0.4, 0.5) is 17.6 Å². The van der Waals surface area contributed by atoms with Crippen molar-refractivity contribution in [2.75, 3.05) is 0 Å². The molecule has 22 nitrogen and oxygen atoms in total. The minimum absolute atomic E-state index is 0. The van der Waals surface area contributed by atoms with E-state index in [2.05, 4.69) is 106 Å². The summed E-state index contributed by atoms with van der Waals surface area (Å²) in [5.41, 5.74) is 12.1. The van der Waals surface area contributed by atoms with E-state index < -0.39 is 34.3 Å². The molecule has 0 aliphatic heterocycles. The summed E-state index contributed by atoms with van der Waals surface area (Å²) < 4.78 is 55.1. The molecule has 0 aliphatic rings. The van der Waals surface area contributed by atoms with Gasteiger partial charge in [0.15, 0.2) is 40.3 Å².